The number of halogens is 2. The SMILES string of the molecule is NC(=O)c1ccc(F)cc1I. The van der Waals surface area contributed by atoms with Gasteiger partial charge in [0.15, 0.2) is 0 Å². The van der Waals surface area contributed by atoms with Gasteiger partial charge in [0.2, 0.25) is 5.91 Å². The number of hydrogen-bond donors (Lipinski definition) is 1. The Labute approximate surface area is 76.7 Å². The maximum Gasteiger partial charge on any atom is 0.249 e. The van der Waals surface area contributed by atoms with Crippen LogP contribution >= 0.6 is 22.6 Å². The van der Waals surface area contributed by atoms with E-state index < -0.39 is 5.91 Å². The molecule has 11 heavy (non-hydrogen) atoms. The Morgan fingerprint density at radius 2 is 2.18 bits per heavy atom. The minimum Gasteiger partial charge on any atom is -0.366 e. The predicted octanol–water partition coefficient (Wildman–Crippen LogP) is 1.53. The smallest absolute Gasteiger partial charge is 0.249 e. The van der Waals surface area contributed by atoms with Gasteiger partial charge in [0.1, 0.15) is 5.82 Å². The highest BCUT2D eigenvalue weighted by Crippen LogP contribution is 2.12. The van der Waals surface area contributed by atoms with Crippen molar-refractivity contribution in [3.63, 3.8) is 0 Å². The second-order valence-electron chi connectivity index (χ2n) is 1.99. The van der Waals surface area contributed by atoms with Crippen molar-refractivity contribution in [2.75, 3.05) is 0 Å². The number of benzene rings is 1. The second kappa shape index (κ2) is 3.17. The molecule has 1 aromatic carbocycles. The van der Waals surface area contributed by atoms with Gasteiger partial charge in [-0.25, -0.2) is 4.39 Å². The number of carbonyl (C=O) groups excluding carboxylic acids is 1. The standard InChI is InChI=1S/C7H5FINO/c8-4-1-2-5(7(10)11)6(9)3-4/h1-3H,(H2,10,11). The van der Waals surface area contributed by atoms with Gasteiger partial charge < -0.3 is 5.73 Å². The van der Waals surface area contributed by atoms with E-state index in [4.69, 9.17) is 5.73 Å². The molecule has 0 aliphatic rings. The zero-order valence-corrected chi connectivity index (χ0v) is 7.63. The van der Waals surface area contributed by atoms with E-state index in [1.165, 1.54) is 18.2 Å². The number of primary amides is 1. The van der Waals surface area contributed by atoms with E-state index >= 15 is 0 Å². The van der Waals surface area contributed by atoms with E-state index in [1.807, 2.05) is 22.6 Å². The van der Waals surface area contributed by atoms with Crippen LogP contribution in [0.2, 0.25) is 0 Å². The molecule has 0 saturated heterocycles. The van der Waals surface area contributed by atoms with Crippen LogP contribution in [0, 0.1) is 9.39 Å². The maximum absolute atomic E-state index is 12.5. The summed E-state index contributed by atoms with van der Waals surface area (Å²) in [5.41, 5.74) is 5.35. The first-order valence-corrected chi connectivity index (χ1v) is 3.94. The molecular weight excluding hydrogens is 260 g/mol. The Morgan fingerprint density at radius 3 is 2.64 bits per heavy atom. The molecule has 2 N–H and O–H groups in total. The molecule has 0 fully saturated rings. The van der Waals surface area contributed by atoms with Gasteiger partial charge in [-0.05, 0) is 40.8 Å². The van der Waals surface area contributed by atoms with Gasteiger partial charge >= 0.3 is 0 Å². The van der Waals surface area contributed by atoms with Crippen molar-refractivity contribution < 1.29 is 9.18 Å². The van der Waals surface area contributed by atoms with Gasteiger partial charge in [-0.2, -0.15) is 0 Å². The van der Waals surface area contributed by atoms with Crippen LogP contribution in [0.5, 0.6) is 0 Å². The number of hydrogen-bond acceptors (Lipinski definition) is 1. The molecule has 1 aromatic rings. The maximum atomic E-state index is 12.5. The molecule has 1 rings (SSSR count). The van der Waals surface area contributed by atoms with E-state index in [9.17, 15) is 9.18 Å². The van der Waals surface area contributed by atoms with Crippen LogP contribution in [-0.2, 0) is 0 Å². The van der Waals surface area contributed by atoms with Crippen LogP contribution < -0.4 is 5.73 Å². The zero-order valence-electron chi connectivity index (χ0n) is 5.47. The largest absolute Gasteiger partial charge is 0.366 e. The summed E-state index contributed by atoms with van der Waals surface area (Å²) >= 11 is 1.86. The zero-order chi connectivity index (χ0) is 8.43. The molecular formula is C7H5FINO. The molecule has 4 heteroatoms. The van der Waals surface area contributed by atoms with Crippen LogP contribution in [-0.4, -0.2) is 5.91 Å². The first-order chi connectivity index (χ1) is 5.11. The molecule has 0 bridgehead atoms. The summed E-state index contributed by atoms with van der Waals surface area (Å²) in [5.74, 6) is -0.895. The number of nitrogens with two attached hydrogens (primary N) is 1. The summed E-state index contributed by atoms with van der Waals surface area (Å²) in [6.45, 7) is 0. The van der Waals surface area contributed by atoms with E-state index in [1.54, 1.807) is 0 Å². The van der Waals surface area contributed by atoms with E-state index in [-0.39, 0.29) is 5.82 Å². The molecule has 0 saturated carbocycles. The molecule has 0 spiro atoms. The fourth-order valence-corrected chi connectivity index (χ4v) is 1.43. The average molecular weight is 265 g/mol. The summed E-state index contributed by atoms with van der Waals surface area (Å²) in [7, 11) is 0. The van der Waals surface area contributed by atoms with Crippen molar-refractivity contribution in [2.45, 2.75) is 0 Å². The Balaban J connectivity index is 3.20. The minimum atomic E-state index is -0.533. The normalized spacial score (nSPS) is 9.64. The summed E-state index contributed by atoms with van der Waals surface area (Å²) in [6.07, 6.45) is 0. The highest BCUT2D eigenvalue weighted by Gasteiger charge is 2.05. The number of amides is 1. The van der Waals surface area contributed by atoms with Crippen LogP contribution in [0.25, 0.3) is 0 Å². The fourth-order valence-electron chi connectivity index (χ4n) is 0.689. The second-order valence-corrected chi connectivity index (χ2v) is 3.15. The van der Waals surface area contributed by atoms with Crippen LogP contribution in [0.1, 0.15) is 10.4 Å². The molecule has 0 heterocycles. The molecule has 0 aromatic heterocycles. The first-order valence-electron chi connectivity index (χ1n) is 2.86. The Hall–Kier alpha value is -0.650. The molecule has 0 aliphatic heterocycles. The van der Waals surface area contributed by atoms with E-state index in [2.05, 4.69) is 0 Å². The Bertz CT molecular complexity index is 300. The monoisotopic (exact) mass is 265 g/mol. The number of rotatable bonds is 1. The fraction of sp³-hybridized carbons (Fsp3) is 0. The van der Waals surface area contributed by atoms with Gasteiger partial charge in [-0.15, -0.1) is 0 Å². The number of carbonyl (C=O) groups is 1. The highest BCUT2D eigenvalue weighted by molar-refractivity contribution is 14.1. The summed E-state index contributed by atoms with van der Waals surface area (Å²) in [4.78, 5) is 10.6. The highest BCUT2D eigenvalue weighted by atomic mass is 127. The third kappa shape index (κ3) is 1.89. The Kier molecular flexibility index (Phi) is 2.43. The topological polar surface area (TPSA) is 43.1 Å². The molecule has 0 atom stereocenters. The summed E-state index contributed by atoms with van der Waals surface area (Å²) in [6, 6.07) is 3.85. The average Bonchev–Trinajstić information content (AvgIpc) is 1.85. The van der Waals surface area contributed by atoms with Crippen molar-refractivity contribution in [3.05, 3.63) is 33.1 Å². The third-order valence-corrected chi connectivity index (χ3v) is 2.09. The van der Waals surface area contributed by atoms with Crippen LogP contribution in [0.15, 0.2) is 18.2 Å². The van der Waals surface area contributed by atoms with Gasteiger partial charge in [0.25, 0.3) is 0 Å². The lowest BCUT2D eigenvalue weighted by Crippen LogP contribution is -2.12. The molecule has 1 amide bonds. The van der Waals surface area contributed by atoms with Gasteiger partial charge in [0, 0.05) is 3.57 Å². The van der Waals surface area contributed by atoms with Crippen molar-refractivity contribution >= 4 is 28.5 Å². The Morgan fingerprint density at radius 1 is 1.55 bits per heavy atom. The minimum absolute atomic E-state index is 0.354. The van der Waals surface area contributed by atoms with Gasteiger partial charge in [0.05, 0.1) is 5.56 Å². The summed E-state index contributed by atoms with van der Waals surface area (Å²) < 4.78 is 13.0. The van der Waals surface area contributed by atoms with Crippen molar-refractivity contribution in [1.29, 1.82) is 0 Å². The molecule has 0 aliphatic carbocycles. The third-order valence-electron chi connectivity index (χ3n) is 1.20. The first kappa shape index (κ1) is 8.45. The van der Waals surface area contributed by atoms with Crippen molar-refractivity contribution in [2.24, 2.45) is 5.73 Å². The molecule has 0 radical (unpaired) electrons. The van der Waals surface area contributed by atoms with Crippen molar-refractivity contribution in [3.8, 4) is 0 Å². The predicted molar refractivity (Wildman–Crippen MR) is 47.6 cm³/mol. The lowest BCUT2D eigenvalue weighted by Gasteiger charge is -1.97. The van der Waals surface area contributed by atoms with Gasteiger partial charge in [-0.1, -0.05) is 0 Å². The quantitative estimate of drug-likeness (QED) is 0.769. The van der Waals surface area contributed by atoms with E-state index in [0.717, 1.165) is 0 Å². The molecule has 0 unspecified atom stereocenters. The molecule has 58 valence electrons. The summed E-state index contributed by atoms with van der Waals surface area (Å²) in [5, 5.41) is 0. The van der Waals surface area contributed by atoms with Crippen molar-refractivity contribution in [1.82, 2.24) is 0 Å². The van der Waals surface area contributed by atoms with E-state index in [0.29, 0.717) is 9.13 Å². The van der Waals surface area contributed by atoms with Gasteiger partial charge in [-0.3, -0.25) is 4.79 Å². The molecule has 2 nitrogen and oxygen atoms in total. The lowest BCUT2D eigenvalue weighted by molar-refractivity contribution is 0.0999. The van der Waals surface area contributed by atoms with Crippen LogP contribution in [0.3, 0.4) is 0 Å². The van der Waals surface area contributed by atoms with Crippen LogP contribution in [0.4, 0.5) is 4.39 Å². The lowest BCUT2D eigenvalue weighted by atomic mass is 10.2.